The van der Waals surface area contributed by atoms with E-state index in [2.05, 4.69) is 5.92 Å². The van der Waals surface area contributed by atoms with Gasteiger partial charge >= 0.3 is 5.97 Å². The molecule has 0 spiro atoms. The minimum Gasteiger partial charge on any atom is -0.449 e. The molecule has 0 aliphatic carbocycles. The summed E-state index contributed by atoms with van der Waals surface area (Å²) >= 11 is 0. The van der Waals surface area contributed by atoms with Crippen molar-refractivity contribution in [3.8, 4) is 12.3 Å². The second-order valence-electron chi connectivity index (χ2n) is 4.29. The van der Waals surface area contributed by atoms with Crippen LogP contribution in [-0.4, -0.2) is 30.6 Å². The number of rotatable bonds is 4. The third kappa shape index (κ3) is 4.21. The molecule has 4 nitrogen and oxygen atoms in total. The predicted octanol–water partition coefficient (Wildman–Crippen LogP) is 1.48. The maximum absolute atomic E-state index is 10.7. The Balaban J connectivity index is 2.29. The van der Waals surface area contributed by atoms with E-state index in [0.29, 0.717) is 13.0 Å². The second kappa shape index (κ2) is 5.33. The standard InChI is InChI=1S/C12H18O4/c1-5-10(15-9(2)13)6-7-11-8-14-12(3,4)16-11/h1,10-11H,6-8H2,2-4H3/t10-,11+/m1/s1. The van der Waals surface area contributed by atoms with Crippen molar-refractivity contribution in [3.63, 3.8) is 0 Å². The quantitative estimate of drug-likeness (QED) is 0.538. The van der Waals surface area contributed by atoms with E-state index in [1.54, 1.807) is 0 Å². The molecule has 0 radical (unpaired) electrons. The van der Waals surface area contributed by atoms with E-state index in [4.69, 9.17) is 20.6 Å². The lowest BCUT2D eigenvalue weighted by Gasteiger charge is -2.17. The van der Waals surface area contributed by atoms with Gasteiger partial charge in [0.05, 0.1) is 12.7 Å². The molecule has 0 amide bonds. The number of terminal acetylenes is 1. The average Bonchev–Trinajstić information content (AvgIpc) is 2.52. The Kier molecular flexibility index (Phi) is 4.34. The minimum absolute atomic E-state index is 0.0291. The van der Waals surface area contributed by atoms with E-state index in [1.165, 1.54) is 6.92 Å². The zero-order valence-corrected chi connectivity index (χ0v) is 9.99. The van der Waals surface area contributed by atoms with Crippen molar-refractivity contribution in [2.24, 2.45) is 0 Å². The monoisotopic (exact) mass is 226 g/mol. The summed E-state index contributed by atoms with van der Waals surface area (Å²) in [4.78, 5) is 10.7. The molecular formula is C12H18O4. The molecule has 1 aliphatic rings. The summed E-state index contributed by atoms with van der Waals surface area (Å²) < 4.78 is 16.0. The summed E-state index contributed by atoms with van der Waals surface area (Å²) in [5.41, 5.74) is 0. The first kappa shape index (κ1) is 13.0. The Hall–Kier alpha value is -1.05. The van der Waals surface area contributed by atoms with Crippen LogP contribution in [0.2, 0.25) is 0 Å². The molecule has 0 aromatic carbocycles. The van der Waals surface area contributed by atoms with Gasteiger partial charge in [-0.15, -0.1) is 6.42 Å². The molecule has 0 N–H and O–H groups in total. The molecule has 0 aromatic heterocycles. The van der Waals surface area contributed by atoms with Crippen LogP contribution in [0, 0.1) is 12.3 Å². The fraction of sp³-hybridized carbons (Fsp3) is 0.750. The number of hydrogen-bond donors (Lipinski definition) is 0. The van der Waals surface area contributed by atoms with Gasteiger partial charge in [-0.1, -0.05) is 5.92 Å². The van der Waals surface area contributed by atoms with Crippen LogP contribution in [0.5, 0.6) is 0 Å². The topological polar surface area (TPSA) is 44.8 Å². The second-order valence-corrected chi connectivity index (χ2v) is 4.29. The number of ether oxygens (including phenoxy) is 3. The normalized spacial score (nSPS) is 24.8. The van der Waals surface area contributed by atoms with Gasteiger partial charge in [-0.2, -0.15) is 0 Å². The summed E-state index contributed by atoms with van der Waals surface area (Å²) in [7, 11) is 0. The van der Waals surface area contributed by atoms with Gasteiger partial charge in [0.1, 0.15) is 0 Å². The number of esters is 1. The molecule has 1 rings (SSSR count). The highest BCUT2D eigenvalue weighted by atomic mass is 16.7. The van der Waals surface area contributed by atoms with Crippen LogP contribution >= 0.6 is 0 Å². The lowest BCUT2D eigenvalue weighted by Crippen LogP contribution is -2.22. The van der Waals surface area contributed by atoms with Gasteiger partial charge in [0.2, 0.25) is 0 Å². The van der Waals surface area contributed by atoms with Crippen LogP contribution in [0.15, 0.2) is 0 Å². The Labute approximate surface area is 96.2 Å². The van der Waals surface area contributed by atoms with Crippen LogP contribution < -0.4 is 0 Å². The summed E-state index contributed by atoms with van der Waals surface area (Å²) in [6.07, 6.45) is 6.15. The van der Waals surface area contributed by atoms with Gasteiger partial charge in [0, 0.05) is 6.92 Å². The molecule has 0 bridgehead atoms. The van der Waals surface area contributed by atoms with E-state index in [9.17, 15) is 4.79 Å². The van der Waals surface area contributed by atoms with Gasteiger partial charge in [0.15, 0.2) is 11.9 Å². The van der Waals surface area contributed by atoms with Gasteiger partial charge in [-0.25, -0.2) is 0 Å². The molecule has 0 unspecified atom stereocenters. The third-order valence-corrected chi connectivity index (χ3v) is 2.31. The molecule has 1 saturated heterocycles. The lowest BCUT2D eigenvalue weighted by molar-refractivity contribution is -0.146. The first-order valence-corrected chi connectivity index (χ1v) is 5.38. The largest absolute Gasteiger partial charge is 0.449 e. The molecule has 1 aliphatic heterocycles. The molecular weight excluding hydrogens is 208 g/mol. The van der Waals surface area contributed by atoms with Crippen LogP contribution in [0.1, 0.15) is 33.6 Å². The molecule has 16 heavy (non-hydrogen) atoms. The van der Waals surface area contributed by atoms with Crippen LogP contribution in [-0.2, 0) is 19.0 Å². The fourth-order valence-electron chi connectivity index (χ4n) is 1.62. The number of hydrogen-bond acceptors (Lipinski definition) is 4. The highest BCUT2D eigenvalue weighted by molar-refractivity contribution is 5.66. The summed E-state index contributed by atoms with van der Waals surface area (Å²) in [5.74, 6) is 1.57. The van der Waals surface area contributed by atoms with Crippen LogP contribution in [0.25, 0.3) is 0 Å². The van der Waals surface area contributed by atoms with Crippen LogP contribution in [0.4, 0.5) is 0 Å². The molecule has 1 heterocycles. The van der Waals surface area contributed by atoms with Gasteiger partial charge in [-0.3, -0.25) is 4.79 Å². The van der Waals surface area contributed by atoms with Crippen molar-refractivity contribution in [1.82, 2.24) is 0 Å². The first-order chi connectivity index (χ1) is 7.43. The average molecular weight is 226 g/mol. The molecule has 4 heteroatoms. The van der Waals surface area contributed by atoms with Crippen LogP contribution in [0.3, 0.4) is 0 Å². The number of carbonyl (C=O) groups excluding carboxylic acids is 1. The maximum atomic E-state index is 10.7. The van der Waals surface area contributed by atoms with E-state index in [1.807, 2.05) is 13.8 Å². The van der Waals surface area contributed by atoms with Crippen molar-refractivity contribution in [3.05, 3.63) is 0 Å². The predicted molar refractivity (Wildman–Crippen MR) is 58.5 cm³/mol. The maximum Gasteiger partial charge on any atom is 0.303 e. The Bertz CT molecular complexity index is 290. The molecule has 2 atom stereocenters. The zero-order chi connectivity index (χ0) is 12.2. The minimum atomic E-state index is -0.516. The molecule has 0 saturated carbocycles. The SMILES string of the molecule is C#C[C@H](CC[C@H]1COC(C)(C)O1)OC(C)=O. The number of carbonyl (C=O) groups is 1. The van der Waals surface area contributed by atoms with Crippen molar-refractivity contribution >= 4 is 5.97 Å². The Morgan fingerprint density at radius 2 is 2.38 bits per heavy atom. The molecule has 1 fully saturated rings. The van der Waals surface area contributed by atoms with E-state index in [0.717, 1.165) is 6.42 Å². The third-order valence-electron chi connectivity index (χ3n) is 2.31. The Morgan fingerprint density at radius 3 is 2.81 bits per heavy atom. The van der Waals surface area contributed by atoms with Gasteiger partial charge < -0.3 is 14.2 Å². The first-order valence-electron chi connectivity index (χ1n) is 5.38. The lowest BCUT2D eigenvalue weighted by atomic mass is 10.1. The summed E-state index contributed by atoms with van der Waals surface area (Å²) in [6.45, 7) is 5.66. The highest BCUT2D eigenvalue weighted by Gasteiger charge is 2.32. The van der Waals surface area contributed by atoms with Crippen molar-refractivity contribution in [2.75, 3.05) is 6.61 Å². The van der Waals surface area contributed by atoms with Gasteiger partial charge in [0.25, 0.3) is 0 Å². The zero-order valence-electron chi connectivity index (χ0n) is 9.99. The van der Waals surface area contributed by atoms with E-state index < -0.39 is 11.9 Å². The van der Waals surface area contributed by atoms with Crippen molar-refractivity contribution in [1.29, 1.82) is 0 Å². The highest BCUT2D eigenvalue weighted by Crippen LogP contribution is 2.25. The Morgan fingerprint density at radius 1 is 1.69 bits per heavy atom. The molecule has 90 valence electrons. The fourth-order valence-corrected chi connectivity index (χ4v) is 1.62. The van der Waals surface area contributed by atoms with Crippen molar-refractivity contribution in [2.45, 2.75) is 51.6 Å². The van der Waals surface area contributed by atoms with Crippen molar-refractivity contribution < 1.29 is 19.0 Å². The smallest absolute Gasteiger partial charge is 0.303 e. The van der Waals surface area contributed by atoms with Gasteiger partial charge in [-0.05, 0) is 26.7 Å². The molecule has 0 aromatic rings. The van der Waals surface area contributed by atoms with E-state index in [-0.39, 0.29) is 12.1 Å². The summed E-state index contributed by atoms with van der Waals surface area (Å²) in [6, 6.07) is 0. The summed E-state index contributed by atoms with van der Waals surface area (Å²) in [5, 5.41) is 0. The van der Waals surface area contributed by atoms with E-state index >= 15 is 0 Å².